The van der Waals surface area contributed by atoms with Gasteiger partial charge < -0.3 is 19.3 Å². The number of hydrogen-bond donors (Lipinski definition) is 1. The van der Waals surface area contributed by atoms with Crippen molar-refractivity contribution in [3.05, 3.63) is 54.1 Å². The van der Waals surface area contributed by atoms with E-state index in [0.717, 1.165) is 36.8 Å². The summed E-state index contributed by atoms with van der Waals surface area (Å²) in [5, 5.41) is 10.5. The Kier molecular flexibility index (Phi) is 9.11. The van der Waals surface area contributed by atoms with Crippen molar-refractivity contribution in [3.8, 4) is 17.2 Å². The van der Waals surface area contributed by atoms with Crippen LogP contribution in [0, 0.1) is 5.92 Å². The van der Waals surface area contributed by atoms with Gasteiger partial charge in [-0.2, -0.15) is 0 Å². The van der Waals surface area contributed by atoms with E-state index in [1.54, 1.807) is 14.2 Å². The Morgan fingerprint density at radius 2 is 1.61 bits per heavy atom. The van der Waals surface area contributed by atoms with E-state index in [-0.39, 0.29) is 6.61 Å². The number of methoxy groups -OCH3 is 2. The molecule has 2 aromatic carbocycles. The van der Waals surface area contributed by atoms with Crippen LogP contribution >= 0.6 is 0 Å². The molecule has 2 aromatic rings. The summed E-state index contributed by atoms with van der Waals surface area (Å²) in [7, 11) is 3.31. The van der Waals surface area contributed by atoms with Gasteiger partial charge in [-0.15, -0.1) is 0 Å². The third-order valence-corrected chi connectivity index (χ3v) is 4.53. The third kappa shape index (κ3) is 7.79. The fraction of sp³-hybridized carbons (Fsp3) is 0.478. The maximum atomic E-state index is 10.5. The van der Waals surface area contributed by atoms with Gasteiger partial charge in [0.05, 0.1) is 14.2 Å². The lowest BCUT2D eigenvalue weighted by atomic mass is 10.1. The van der Waals surface area contributed by atoms with E-state index in [0.29, 0.717) is 12.5 Å². The van der Waals surface area contributed by atoms with Crippen molar-refractivity contribution in [2.75, 3.05) is 33.9 Å². The Morgan fingerprint density at radius 3 is 2.25 bits per heavy atom. The molecule has 0 radical (unpaired) electrons. The molecule has 5 nitrogen and oxygen atoms in total. The van der Waals surface area contributed by atoms with Crippen molar-refractivity contribution in [3.63, 3.8) is 0 Å². The molecule has 0 spiro atoms. The zero-order valence-electron chi connectivity index (χ0n) is 17.4. The maximum absolute atomic E-state index is 10.5. The zero-order valence-corrected chi connectivity index (χ0v) is 17.4. The SMILES string of the molecule is COc1ccc(OC[C@H](O)CN(CCC(C)C)Cc2cccc(OC)c2)cc1. The van der Waals surface area contributed by atoms with Crippen LogP contribution in [0.1, 0.15) is 25.8 Å². The molecule has 0 heterocycles. The molecule has 154 valence electrons. The van der Waals surface area contributed by atoms with Crippen LogP contribution in [0.15, 0.2) is 48.5 Å². The lowest BCUT2D eigenvalue weighted by molar-refractivity contribution is 0.0639. The fourth-order valence-electron chi connectivity index (χ4n) is 2.92. The number of hydrogen-bond acceptors (Lipinski definition) is 5. The molecule has 0 aromatic heterocycles. The van der Waals surface area contributed by atoms with Crippen molar-refractivity contribution in [2.45, 2.75) is 32.9 Å². The minimum Gasteiger partial charge on any atom is -0.497 e. The minimum absolute atomic E-state index is 0.253. The second kappa shape index (κ2) is 11.6. The van der Waals surface area contributed by atoms with E-state index < -0.39 is 6.10 Å². The lowest BCUT2D eigenvalue weighted by Crippen LogP contribution is -2.36. The Morgan fingerprint density at radius 1 is 0.929 bits per heavy atom. The molecule has 0 unspecified atom stereocenters. The highest BCUT2D eigenvalue weighted by Crippen LogP contribution is 2.18. The van der Waals surface area contributed by atoms with Gasteiger partial charge in [0.15, 0.2) is 0 Å². The molecule has 2 rings (SSSR count). The summed E-state index contributed by atoms with van der Waals surface area (Å²) in [6, 6.07) is 15.5. The number of benzene rings is 2. The van der Waals surface area contributed by atoms with Gasteiger partial charge in [0.2, 0.25) is 0 Å². The molecule has 0 saturated carbocycles. The molecule has 1 atom stereocenters. The Bertz CT molecular complexity index is 687. The number of nitrogens with zero attached hydrogens (tertiary/aromatic N) is 1. The highest BCUT2D eigenvalue weighted by molar-refractivity contribution is 5.31. The smallest absolute Gasteiger partial charge is 0.119 e. The monoisotopic (exact) mass is 387 g/mol. The molecule has 0 aliphatic heterocycles. The molecule has 0 bridgehead atoms. The molecule has 0 saturated heterocycles. The topological polar surface area (TPSA) is 51.2 Å². The summed E-state index contributed by atoms with van der Waals surface area (Å²) in [6.45, 7) is 6.93. The zero-order chi connectivity index (χ0) is 20.4. The maximum Gasteiger partial charge on any atom is 0.119 e. The van der Waals surface area contributed by atoms with Crippen LogP contribution in [-0.2, 0) is 6.54 Å². The van der Waals surface area contributed by atoms with E-state index in [4.69, 9.17) is 14.2 Å². The van der Waals surface area contributed by atoms with Crippen molar-refractivity contribution >= 4 is 0 Å². The van der Waals surface area contributed by atoms with E-state index in [1.807, 2.05) is 42.5 Å². The molecule has 0 fully saturated rings. The average Bonchev–Trinajstić information content (AvgIpc) is 2.71. The van der Waals surface area contributed by atoms with Crippen LogP contribution in [0.4, 0.5) is 0 Å². The molecule has 0 aliphatic carbocycles. The van der Waals surface area contributed by atoms with Crippen LogP contribution in [0.3, 0.4) is 0 Å². The van der Waals surface area contributed by atoms with Gasteiger partial charge in [0.1, 0.15) is 30.0 Å². The predicted molar refractivity (Wildman–Crippen MR) is 112 cm³/mol. The molecular formula is C23H33NO4. The van der Waals surface area contributed by atoms with Gasteiger partial charge in [0, 0.05) is 13.1 Å². The second-order valence-electron chi connectivity index (χ2n) is 7.41. The predicted octanol–water partition coefficient (Wildman–Crippen LogP) is 3.99. The number of rotatable bonds is 12. The second-order valence-corrected chi connectivity index (χ2v) is 7.41. The van der Waals surface area contributed by atoms with E-state index in [2.05, 4.69) is 24.8 Å². The standard InChI is InChI=1S/C23H33NO4/c1-18(2)12-13-24(15-19-6-5-7-23(14-19)27-4)16-20(25)17-28-22-10-8-21(26-3)9-11-22/h5-11,14,18,20,25H,12-13,15-17H2,1-4H3/t20-/m1/s1. The van der Waals surface area contributed by atoms with E-state index in [9.17, 15) is 5.11 Å². The fourth-order valence-corrected chi connectivity index (χ4v) is 2.92. The number of aliphatic hydroxyl groups excluding tert-OH is 1. The number of ether oxygens (including phenoxy) is 3. The van der Waals surface area contributed by atoms with Gasteiger partial charge in [-0.05, 0) is 60.8 Å². The van der Waals surface area contributed by atoms with E-state index >= 15 is 0 Å². The quantitative estimate of drug-likeness (QED) is 0.597. The third-order valence-electron chi connectivity index (χ3n) is 4.53. The summed E-state index contributed by atoms with van der Waals surface area (Å²) < 4.78 is 16.2. The van der Waals surface area contributed by atoms with Gasteiger partial charge in [-0.1, -0.05) is 26.0 Å². The van der Waals surface area contributed by atoms with Gasteiger partial charge in [0.25, 0.3) is 0 Å². The normalized spacial score (nSPS) is 12.2. The molecular weight excluding hydrogens is 354 g/mol. The minimum atomic E-state index is -0.570. The summed E-state index contributed by atoms with van der Waals surface area (Å²) in [5.41, 5.74) is 1.17. The van der Waals surface area contributed by atoms with Crippen molar-refractivity contribution in [2.24, 2.45) is 5.92 Å². The van der Waals surface area contributed by atoms with Crippen LogP contribution in [0.25, 0.3) is 0 Å². The van der Waals surface area contributed by atoms with Crippen LogP contribution < -0.4 is 14.2 Å². The van der Waals surface area contributed by atoms with Gasteiger partial charge in [-0.25, -0.2) is 0 Å². The van der Waals surface area contributed by atoms with Crippen LogP contribution in [0.2, 0.25) is 0 Å². The highest BCUT2D eigenvalue weighted by atomic mass is 16.5. The van der Waals surface area contributed by atoms with Gasteiger partial charge >= 0.3 is 0 Å². The lowest BCUT2D eigenvalue weighted by Gasteiger charge is -2.26. The van der Waals surface area contributed by atoms with Crippen LogP contribution in [-0.4, -0.2) is 50.0 Å². The van der Waals surface area contributed by atoms with Gasteiger partial charge in [-0.3, -0.25) is 4.90 Å². The summed E-state index contributed by atoms with van der Waals surface area (Å²) in [5.74, 6) is 2.97. The first-order valence-corrected chi connectivity index (χ1v) is 9.80. The Labute approximate surface area is 168 Å². The molecule has 0 aliphatic rings. The highest BCUT2D eigenvalue weighted by Gasteiger charge is 2.14. The first-order valence-electron chi connectivity index (χ1n) is 9.80. The summed E-state index contributed by atoms with van der Waals surface area (Å²) >= 11 is 0. The van der Waals surface area contributed by atoms with Crippen molar-refractivity contribution in [1.82, 2.24) is 4.90 Å². The molecule has 28 heavy (non-hydrogen) atoms. The molecule has 5 heteroatoms. The average molecular weight is 388 g/mol. The molecule has 1 N–H and O–H groups in total. The Balaban J connectivity index is 1.91. The largest absolute Gasteiger partial charge is 0.497 e. The van der Waals surface area contributed by atoms with Crippen molar-refractivity contribution in [1.29, 1.82) is 0 Å². The molecule has 0 amide bonds. The first-order chi connectivity index (χ1) is 13.5. The Hall–Kier alpha value is -2.24. The summed E-state index contributed by atoms with van der Waals surface area (Å²) in [6.07, 6.45) is 0.510. The van der Waals surface area contributed by atoms with Crippen LogP contribution in [0.5, 0.6) is 17.2 Å². The summed E-state index contributed by atoms with van der Waals surface area (Å²) in [4.78, 5) is 2.27. The van der Waals surface area contributed by atoms with E-state index in [1.165, 1.54) is 5.56 Å². The first kappa shape index (κ1) is 22.1. The number of aliphatic hydroxyl groups is 1. The van der Waals surface area contributed by atoms with Crippen molar-refractivity contribution < 1.29 is 19.3 Å².